The van der Waals surface area contributed by atoms with E-state index in [0.29, 0.717) is 11.3 Å². The van der Waals surface area contributed by atoms with Crippen LogP contribution in [0.1, 0.15) is 15.9 Å². The number of allylic oxidation sites excluding steroid dienone is 1. The van der Waals surface area contributed by atoms with Crippen molar-refractivity contribution in [2.24, 2.45) is 0 Å². The van der Waals surface area contributed by atoms with E-state index >= 15 is 0 Å². The smallest absolute Gasteiger partial charge is 0.259 e. The van der Waals surface area contributed by atoms with Gasteiger partial charge in [-0.15, -0.1) is 0 Å². The second-order valence-corrected chi connectivity index (χ2v) is 5.57. The Bertz CT molecular complexity index is 746. The fourth-order valence-corrected chi connectivity index (χ4v) is 1.97. The van der Waals surface area contributed by atoms with E-state index in [0.717, 1.165) is 11.3 Å². The third kappa shape index (κ3) is 5.49. The van der Waals surface area contributed by atoms with Gasteiger partial charge in [0.25, 0.3) is 5.91 Å². The third-order valence-corrected chi connectivity index (χ3v) is 3.54. The first kappa shape index (κ1) is 18.3. The SMILES string of the molecule is COc1ccc(/C=C/C(=O)c2ccc(OCC(=O)N(C)C)cc2)cc1. The molecule has 130 valence electrons. The zero-order valence-corrected chi connectivity index (χ0v) is 14.6. The lowest BCUT2D eigenvalue weighted by Gasteiger charge is -2.11. The summed E-state index contributed by atoms with van der Waals surface area (Å²) in [5.74, 6) is 1.09. The molecule has 2 aromatic rings. The van der Waals surface area contributed by atoms with E-state index in [-0.39, 0.29) is 18.3 Å². The number of ketones is 1. The molecule has 0 atom stereocenters. The Morgan fingerprint density at radius 3 is 2.12 bits per heavy atom. The minimum atomic E-state index is -0.123. The molecule has 0 N–H and O–H groups in total. The molecule has 2 rings (SSSR count). The Labute approximate surface area is 147 Å². The Morgan fingerprint density at radius 1 is 0.960 bits per heavy atom. The average molecular weight is 339 g/mol. The summed E-state index contributed by atoms with van der Waals surface area (Å²) in [5, 5.41) is 0. The molecule has 0 fully saturated rings. The van der Waals surface area contributed by atoms with Gasteiger partial charge in [-0.2, -0.15) is 0 Å². The molecule has 1 amide bonds. The molecule has 0 heterocycles. The van der Waals surface area contributed by atoms with E-state index in [4.69, 9.17) is 9.47 Å². The summed E-state index contributed by atoms with van der Waals surface area (Å²) in [6.07, 6.45) is 3.27. The monoisotopic (exact) mass is 339 g/mol. The van der Waals surface area contributed by atoms with Crippen LogP contribution in [0.4, 0.5) is 0 Å². The van der Waals surface area contributed by atoms with Crippen LogP contribution < -0.4 is 9.47 Å². The predicted octanol–water partition coefficient (Wildman–Crippen LogP) is 3.06. The molecule has 0 aromatic heterocycles. The van der Waals surface area contributed by atoms with Crippen LogP contribution in [0.3, 0.4) is 0 Å². The molecule has 0 aliphatic heterocycles. The van der Waals surface area contributed by atoms with Crippen molar-refractivity contribution < 1.29 is 19.1 Å². The molecule has 0 saturated heterocycles. The van der Waals surface area contributed by atoms with Crippen molar-refractivity contribution in [3.8, 4) is 11.5 Å². The van der Waals surface area contributed by atoms with E-state index in [1.165, 1.54) is 11.0 Å². The second kappa shape index (κ2) is 8.68. The minimum absolute atomic E-state index is 0.0301. The first-order valence-electron chi connectivity index (χ1n) is 7.79. The molecular formula is C20H21NO4. The van der Waals surface area contributed by atoms with Gasteiger partial charge in [-0.05, 0) is 48.0 Å². The highest BCUT2D eigenvalue weighted by Crippen LogP contribution is 2.15. The quantitative estimate of drug-likeness (QED) is 0.575. The number of likely N-dealkylation sites (N-methyl/N-ethyl adjacent to an activating group) is 1. The lowest BCUT2D eigenvalue weighted by molar-refractivity contribution is -0.130. The lowest BCUT2D eigenvalue weighted by Crippen LogP contribution is -2.27. The fourth-order valence-electron chi connectivity index (χ4n) is 1.97. The maximum atomic E-state index is 12.2. The predicted molar refractivity (Wildman–Crippen MR) is 97.0 cm³/mol. The first-order valence-corrected chi connectivity index (χ1v) is 7.79. The number of amides is 1. The van der Waals surface area contributed by atoms with E-state index in [9.17, 15) is 9.59 Å². The number of methoxy groups -OCH3 is 1. The van der Waals surface area contributed by atoms with Gasteiger partial charge in [0.1, 0.15) is 11.5 Å². The summed E-state index contributed by atoms with van der Waals surface area (Å²) in [5.41, 5.74) is 1.47. The Kier molecular flexibility index (Phi) is 6.34. The lowest BCUT2D eigenvalue weighted by atomic mass is 10.1. The number of carbonyl (C=O) groups is 2. The van der Waals surface area contributed by atoms with Crippen molar-refractivity contribution in [1.29, 1.82) is 0 Å². The highest BCUT2D eigenvalue weighted by atomic mass is 16.5. The molecule has 0 aliphatic carbocycles. The average Bonchev–Trinajstić information content (AvgIpc) is 2.64. The first-order chi connectivity index (χ1) is 12.0. The molecule has 0 bridgehead atoms. The number of benzene rings is 2. The molecule has 25 heavy (non-hydrogen) atoms. The van der Waals surface area contributed by atoms with Crippen LogP contribution in [-0.4, -0.2) is 44.4 Å². The summed E-state index contributed by atoms with van der Waals surface area (Å²) >= 11 is 0. The maximum absolute atomic E-state index is 12.2. The minimum Gasteiger partial charge on any atom is -0.497 e. The number of hydrogen-bond donors (Lipinski definition) is 0. The summed E-state index contributed by atoms with van der Waals surface area (Å²) in [4.78, 5) is 25.1. The van der Waals surface area contributed by atoms with Crippen molar-refractivity contribution in [2.45, 2.75) is 0 Å². The highest BCUT2D eigenvalue weighted by Gasteiger charge is 2.06. The van der Waals surface area contributed by atoms with E-state index in [1.807, 2.05) is 24.3 Å². The summed E-state index contributed by atoms with van der Waals surface area (Å²) in [6, 6.07) is 14.1. The molecular weight excluding hydrogens is 318 g/mol. The third-order valence-electron chi connectivity index (χ3n) is 3.54. The van der Waals surface area contributed by atoms with E-state index in [1.54, 1.807) is 51.5 Å². The van der Waals surface area contributed by atoms with Crippen molar-refractivity contribution in [3.63, 3.8) is 0 Å². The van der Waals surface area contributed by atoms with Gasteiger partial charge in [0, 0.05) is 19.7 Å². The number of ether oxygens (including phenoxy) is 2. The molecule has 0 unspecified atom stereocenters. The molecule has 5 nitrogen and oxygen atoms in total. The Balaban J connectivity index is 1.95. The fraction of sp³-hybridized carbons (Fsp3) is 0.200. The summed E-state index contributed by atoms with van der Waals surface area (Å²) in [6.45, 7) is -0.0301. The largest absolute Gasteiger partial charge is 0.497 e. The van der Waals surface area contributed by atoms with Crippen LogP contribution in [0.15, 0.2) is 54.6 Å². The van der Waals surface area contributed by atoms with E-state index in [2.05, 4.69) is 0 Å². The normalized spacial score (nSPS) is 10.5. The van der Waals surface area contributed by atoms with Gasteiger partial charge in [-0.3, -0.25) is 9.59 Å². The molecule has 0 spiro atoms. The van der Waals surface area contributed by atoms with Crippen molar-refractivity contribution in [1.82, 2.24) is 4.90 Å². The standard InChI is InChI=1S/C20H21NO4/c1-21(2)20(23)14-25-18-11-7-16(8-12-18)19(22)13-6-15-4-9-17(24-3)10-5-15/h4-13H,14H2,1-3H3/b13-6+. The Hall–Kier alpha value is -3.08. The van der Waals surface area contributed by atoms with Gasteiger partial charge >= 0.3 is 0 Å². The van der Waals surface area contributed by atoms with Crippen LogP contribution in [0, 0.1) is 0 Å². The van der Waals surface area contributed by atoms with Crippen LogP contribution in [0.25, 0.3) is 6.08 Å². The summed E-state index contributed by atoms with van der Waals surface area (Å²) < 4.78 is 10.5. The maximum Gasteiger partial charge on any atom is 0.259 e. The van der Waals surface area contributed by atoms with E-state index < -0.39 is 0 Å². The molecule has 0 saturated carbocycles. The van der Waals surface area contributed by atoms with Crippen LogP contribution in [0.2, 0.25) is 0 Å². The highest BCUT2D eigenvalue weighted by molar-refractivity contribution is 6.06. The summed E-state index contributed by atoms with van der Waals surface area (Å²) in [7, 11) is 4.95. The Morgan fingerprint density at radius 2 is 1.56 bits per heavy atom. The van der Waals surface area contributed by atoms with Gasteiger partial charge in [-0.1, -0.05) is 18.2 Å². The van der Waals surface area contributed by atoms with Crippen molar-refractivity contribution in [3.05, 3.63) is 65.7 Å². The molecule has 0 aliphatic rings. The van der Waals surface area contributed by atoms with Crippen molar-refractivity contribution >= 4 is 17.8 Å². The van der Waals surface area contributed by atoms with Gasteiger partial charge < -0.3 is 14.4 Å². The van der Waals surface area contributed by atoms with Crippen LogP contribution >= 0.6 is 0 Å². The van der Waals surface area contributed by atoms with Gasteiger partial charge in [-0.25, -0.2) is 0 Å². The number of nitrogens with zero attached hydrogens (tertiary/aromatic N) is 1. The molecule has 2 aromatic carbocycles. The molecule has 0 radical (unpaired) electrons. The van der Waals surface area contributed by atoms with Gasteiger partial charge in [0.2, 0.25) is 0 Å². The zero-order chi connectivity index (χ0) is 18.2. The zero-order valence-electron chi connectivity index (χ0n) is 14.6. The van der Waals surface area contributed by atoms with Crippen LogP contribution in [0.5, 0.6) is 11.5 Å². The molecule has 5 heteroatoms. The topological polar surface area (TPSA) is 55.8 Å². The van der Waals surface area contributed by atoms with Gasteiger partial charge in [0.05, 0.1) is 7.11 Å². The number of hydrogen-bond acceptors (Lipinski definition) is 4. The van der Waals surface area contributed by atoms with Crippen LogP contribution in [-0.2, 0) is 4.79 Å². The second-order valence-electron chi connectivity index (χ2n) is 5.57. The number of carbonyl (C=O) groups excluding carboxylic acids is 2. The van der Waals surface area contributed by atoms with Gasteiger partial charge in [0.15, 0.2) is 12.4 Å². The number of rotatable bonds is 7. The van der Waals surface area contributed by atoms with Crippen molar-refractivity contribution in [2.75, 3.05) is 27.8 Å².